The van der Waals surface area contributed by atoms with Gasteiger partial charge in [-0.1, -0.05) is 23.6 Å². The number of hydrogen-bond acceptors (Lipinski definition) is 1. The monoisotopic (exact) mass is 252 g/mol. The van der Waals surface area contributed by atoms with Crippen molar-refractivity contribution in [3.63, 3.8) is 0 Å². The summed E-state index contributed by atoms with van der Waals surface area (Å²) in [6, 6.07) is 4.64. The molecule has 0 amide bonds. The molecule has 0 unspecified atom stereocenters. The van der Waals surface area contributed by atoms with Crippen LogP contribution < -0.4 is 0 Å². The minimum absolute atomic E-state index is 0.110. The number of nitrogens with zero attached hydrogens (tertiary/aromatic N) is 4. The molecule has 0 aliphatic rings. The van der Waals surface area contributed by atoms with E-state index in [2.05, 4.69) is 10.0 Å². The Bertz CT molecular complexity index is 601. The van der Waals surface area contributed by atoms with E-state index >= 15 is 0 Å². The van der Waals surface area contributed by atoms with Gasteiger partial charge in [-0.25, -0.2) is 4.39 Å². The molecule has 6 heteroatoms. The van der Waals surface area contributed by atoms with Gasteiger partial charge in [0.15, 0.2) is 0 Å². The molecule has 4 nitrogen and oxygen atoms in total. The molecule has 0 saturated carbocycles. The third-order valence-corrected chi connectivity index (χ3v) is 2.81. The van der Waals surface area contributed by atoms with Crippen LogP contribution in [0, 0.1) is 5.82 Å². The predicted molar refractivity (Wildman–Crippen MR) is 65.5 cm³/mol. The first-order chi connectivity index (χ1) is 8.11. The average molecular weight is 253 g/mol. The van der Waals surface area contributed by atoms with E-state index < -0.39 is 5.82 Å². The fourth-order valence-corrected chi connectivity index (χ4v) is 1.93. The Morgan fingerprint density at radius 3 is 3.06 bits per heavy atom. The Hall–Kier alpha value is -1.71. The molecule has 1 aromatic heterocycles. The highest BCUT2D eigenvalue weighted by Gasteiger charge is 2.08. The lowest BCUT2D eigenvalue weighted by atomic mass is 10.2. The SMILES string of the molecule is C[C@@H](Cn1ccc2cc(Cl)c(F)cc21)N=[N+]=[N-]. The quantitative estimate of drug-likeness (QED) is 0.448. The minimum atomic E-state index is -0.449. The summed E-state index contributed by atoms with van der Waals surface area (Å²) in [7, 11) is 0. The van der Waals surface area contributed by atoms with E-state index in [1.807, 2.05) is 16.8 Å². The first-order valence-corrected chi connectivity index (χ1v) is 5.47. The highest BCUT2D eigenvalue weighted by molar-refractivity contribution is 6.31. The van der Waals surface area contributed by atoms with Gasteiger partial charge in [0.1, 0.15) is 5.82 Å². The largest absolute Gasteiger partial charge is 0.347 e. The molecule has 1 aromatic carbocycles. The zero-order chi connectivity index (χ0) is 12.4. The smallest absolute Gasteiger partial charge is 0.143 e. The fraction of sp³-hybridized carbons (Fsp3) is 0.273. The van der Waals surface area contributed by atoms with E-state index in [4.69, 9.17) is 17.1 Å². The lowest BCUT2D eigenvalue weighted by Gasteiger charge is -2.08. The molecular weight excluding hydrogens is 243 g/mol. The maximum Gasteiger partial charge on any atom is 0.143 e. The standard InChI is InChI=1S/C11H10ClFN4/c1-7(15-16-14)6-17-3-2-8-4-9(12)10(13)5-11(8)17/h2-5,7H,6H2,1H3/t7-/m0/s1. The van der Waals surface area contributed by atoms with Gasteiger partial charge in [-0.2, -0.15) is 0 Å². The van der Waals surface area contributed by atoms with Crippen LogP contribution in [0.15, 0.2) is 29.5 Å². The van der Waals surface area contributed by atoms with E-state index in [0.29, 0.717) is 6.54 Å². The minimum Gasteiger partial charge on any atom is -0.347 e. The van der Waals surface area contributed by atoms with Crippen molar-refractivity contribution in [1.82, 2.24) is 4.57 Å². The molecule has 0 aliphatic heterocycles. The molecule has 0 saturated heterocycles. The Balaban J connectivity index is 2.42. The number of halogens is 2. The van der Waals surface area contributed by atoms with E-state index in [1.165, 1.54) is 6.07 Å². The van der Waals surface area contributed by atoms with Crippen molar-refractivity contribution in [1.29, 1.82) is 0 Å². The molecule has 1 heterocycles. The number of aromatic nitrogens is 1. The normalized spacial score (nSPS) is 12.4. The summed E-state index contributed by atoms with van der Waals surface area (Å²) in [5.41, 5.74) is 9.07. The lowest BCUT2D eigenvalue weighted by Crippen LogP contribution is -2.08. The zero-order valence-corrected chi connectivity index (χ0v) is 9.89. The molecule has 2 rings (SSSR count). The van der Waals surface area contributed by atoms with Gasteiger partial charge in [-0.05, 0) is 23.7 Å². The van der Waals surface area contributed by atoms with Gasteiger partial charge in [0.25, 0.3) is 0 Å². The van der Waals surface area contributed by atoms with Crippen LogP contribution in [0.25, 0.3) is 21.3 Å². The molecule has 0 spiro atoms. The molecule has 17 heavy (non-hydrogen) atoms. The van der Waals surface area contributed by atoms with Crippen molar-refractivity contribution in [2.45, 2.75) is 19.5 Å². The van der Waals surface area contributed by atoms with Crippen molar-refractivity contribution < 1.29 is 4.39 Å². The number of fused-ring (bicyclic) bond motifs is 1. The molecular formula is C11H10ClFN4. The molecule has 0 fully saturated rings. The summed E-state index contributed by atoms with van der Waals surface area (Å²) in [5, 5.41) is 4.56. The topological polar surface area (TPSA) is 53.7 Å². The summed E-state index contributed by atoms with van der Waals surface area (Å²) >= 11 is 5.70. The van der Waals surface area contributed by atoms with E-state index in [1.54, 1.807) is 13.0 Å². The Kier molecular flexibility index (Phi) is 3.22. The number of rotatable bonds is 3. The lowest BCUT2D eigenvalue weighted by molar-refractivity contribution is 0.598. The Morgan fingerprint density at radius 2 is 2.35 bits per heavy atom. The zero-order valence-electron chi connectivity index (χ0n) is 9.14. The van der Waals surface area contributed by atoms with Gasteiger partial charge in [0.05, 0.1) is 16.6 Å². The molecule has 1 atom stereocenters. The second-order valence-corrected chi connectivity index (χ2v) is 4.25. The highest BCUT2D eigenvalue weighted by Crippen LogP contribution is 2.24. The summed E-state index contributed by atoms with van der Waals surface area (Å²) in [5.74, 6) is -0.449. The highest BCUT2D eigenvalue weighted by atomic mass is 35.5. The van der Waals surface area contributed by atoms with Gasteiger partial charge in [-0.15, -0.1) is 0 Å². The van der Waals surface area contributed by atoms with Gasteiger partial charge in [0, 0.05) is 23.0 Å². The van der Waals surface area contributed by atoms with Crippen molar-refractivity contribution in [3.8, 4) is 0 Å². The molecule has 88 valence electrons. The predicted octanol–water partition coefficient (Wildman–Crippen LogP) is 4.13. The Labute approximate surface area is 102 Å². The fourth-order valence-electron chi connectivity index (χ4n) is 1.75. The van der Waals surface area contributed by atoms with Gasteiger partial charge < -0.3 is 4.57 Å². The third-order valence-electron chi connectivity index (χ3n) is 2.52. The van der Waals surface area contributed by atoms with Crippen LogP contribution in [0.4, 0.5) is 4.39 Å². The van der Waals surface area contributed by atoms with Crippen molar-refractivity contribution >= 4 is 22.5 Å². The van der Waals surface area contributed by atoms with Gasteiger partial charge in [0.2, 0.25) is 0 Å². The summed E-state index contributed by atoms with van der Waals surface area (Å²) in [6.07, 6.45) is 1.82. The summed E-state index contributed by atoms with van der Waals surface area (Å²) in [6.45, 7) is 2.31. The van der Waals surface area contributed by atoms with Gasteiger partial charge >= 0.3 is 0 Å². The molecule has 0 N–H and O–H groups in total. The number of benzene rings is 1. The third kappa shape index (κ3) is 2.35. The van der Waals surface area contributed by atoms with Crippen molar-refractivity contribution in [2.24, 2.45) is 5.11 Å². The van der Waals surface area contributed by atoms with Crippen molar-refractivity contribution in [2.75, 3.05) is 0 Å². The second kappa shape index (κ2) is 4.65. The molecule has 2 aromatic rings. The molecule has 0 radical (unpaired) electrons. The summed E-state index contributed by atoms with van der Waals surface area (Å²) in [4.78, 5) is 2.74. The maximum absolute atomic E-state index is 13.4. The second-order valence-electron chi connectivity index (χ2n) is 3.85. The molecule has 0 bridgehead atoms. The first-order valence-electron chi connectivity index (χ1n) is 5.10. The number of hydrogen-bond donors (Lipinski definition) is 0. The Morgan fingerprint density at radius 1 is 1.59 bits per heavy atom. The number of azide groups is 1. The van der Waals surface area contributed by atoms with Crippen LogP contribution >= 0.6 is 11.6 Å². The van der Waals surface area contributed by atoms with Crippen LogP contribution in [-0.2, 0) is 6.54 Å². The van der Waals surface area contributed by atoms with Gasteiger partial charge in [-0.3, -0.25) is 0 Å². The van der Waals surface area contributed by atoms with E-state index in [-0.39, 0.29) is 11.1 Å². The maximum atomic E-state index is 13.4. The van der Waals surface area contributed by atoms with Crippen LogP contribution in [-0.4, -0.2) is 10.6 Å². The van der Waals surface area contributed by atoms with E-state index in [0.717, 1.165) is 10.9 Å². The van der Waals surface area contributed by atoms with Crippen LogP contribution in [0.3, 0.4) is 0 Å². The van der Waals surface area contributed by atoms with Crippen LogP contribution in [0.2, 0.25) is 5.02 Å². The van der Waals surface area contributed by atoms with E-state index in [9.17, 15) is 4.39 Å². The summed E-state index contributed by atoms with van der Waals surface area (Å²) < 4.78 is 15.2. The average Bonchev–Trinajstić information content (AvgIpc) is 2.63. The first kappa shape index (κ1) is 11.8. The van der Waals surface area contributed by atoms with Crippen LogP contribution in [0.1, 0.15) is 6.92 Å². The van der Waals surface area contributed by atoms with Crippen LogP contribution in [0.5, 0.6) is 0 Å². The molecule has 0 aliphatic carbocycles. The van der Waals surface area contributed by atoms with Crippen molar-refractivity contribution in [3.05, 3.63) is 45.7 Å².